The van der Waals surface area contributed by atoms with Crippen molar-refractivity contribution in [1.82, 2.24) is 10.4 Å². The SMILES string of the molecule is CCOc1ccc(C(=O)Nc2sccc2C(=O)NN(C)C)cc1. The molecular weight excluding hydrogens is 314 g/mol. The number of hydrogen-bond acceptors (Lipinski definition) is 5. The first-order valence-corrected chi connectivity index (χ1v) is 7.99. The summed E-state index contributed by atoms with van der Waals surface area (Å²) in [6.45, 7) is 2.48. The minimum atomic E-state index is -0.269. The molecule has 0 aliphatic heterocycles. The minimum absolute atomic E-state index is 0.266. The molecule has 1 aromatic heterocycles. The zero-order valence-corrected chi connectivity index (χ0v) is 14.1. The number of rotatable bonds is 6. The largest absolute Gasteiger partial charge is 0.494 e. The van der Waals surface area contributed by atoms with Crippen LogP contribution in [-0.4, -0.2) is 37.5 Å². The van der Waals surface area contributed by atoms with Crippen molar-refractivity contribution >= 4 is 28.2 Å². The van der Waals surface area contributed by atoms with Gasteiger partial charge in [0.25, 0.3) is 11.8 Å². The van der Waals surface area contributed by atoms with E-state index in [1.54, 1.807) is 54.8 Å². The van der Waals surface area contributed by atoms with Crippen LogP contribution in [0.1, 0.15) is 27.6 Å². The molecule has 0 saturated heterocycles. The molecule has 23 heavy (non-hydrogen) atoms. The molecule has 0 aliphatic rings. The van der Waals surface area contributed by atoms with Crippen molar-refractivity contribution in [3.05, 3.63) is 46.8 Å². The maximum atomic E-state index is 12.3. The van der Waals surface area contributed by atoms with E-state index in [0.29, 0.717) is 28.5 Å². The van der Waals surface area contributed by atoms with Crippen LogP contribution in [0.3, 0.4) is 0 Å². The maximum absolute atomic E-state index is 12.3. The lowest BCUT2D eigenvalue weighted by Crippen LogP contribution is -2.36. The van der Waals surface area contributed by atoms with Gasteiger partial charge in [0.05, 0.1) is 12.2 Å². The maximum Gasteiger partial charge on any atom is 0.268 e. The zero-order valence-electron chi connectivity index (χ0n) is 13.3. The molecule has 1 heterocycles. The summed E-state index contributed by atoms with van der Waals surface area (Å²) in [7, 11) is 3.45. The first-order chi connectivity index (χ1) is 11.0. The van der Waals surface area contributed by atoms with Crippen molar-refractivity contribution in [2.24, 2.45) is 0 Å². The number of amides is 2. The Bertz CT molecular complexity index is 680. The van der Waals surface area contributed by atoms with E-state index in [0.717, 1.165) is 0 Å². The highest BCUT2D eigenvalue weighted by Crippen LogP contribution is 2.24. The molecule has 0 saturated carbocycles. The van der Waals surface area contributed by atoms with Gasteiger partial charge in [-0.25, -0.2) is 5.01 Å². The number of nitrogens with one attached hydrogen (secondary N) is 2. The normalized spacial score (nSPS) is 10.4. The predicted molar refractivity (Wildman–Crippen MR) is 91.0 cm³/mol. The fourth-order valence-corrected chi connectivity index (χ4v) is 2.67. The lowest BCUT2D eigenvalue weighted by Gasteiger charge is -2.12. The summed E-state index contributed by atoms with van der Waals surface area (Å²) in [5.74, 6) is 0.180. The summed E-state index contributed by atoms with van der Waals surface area (Å²) in [5, 5.41) is 6.60. The van der Waals surface area contributed by atoms with Gasteiger partial charge in [-0.1, -0.05) is 0 Å². The van der Waals surface area contributed by atoms with Crippen molar-refractivity contribution in [2.75, 3.05) is 26.0 Å². The fraction of sp³-hybridized carbons (Fsp3) is 0.250. The van der Waals surface area contributed by atoms with Crippen molar-refractivity contribution in [3.8, 4) is 5.75 Å². The average Bonchev–Trinajstić information content (AvgIpc) is 2.96. The van der Waals surface area contributed by atoms with E-state index in [9.17, 15) is 9.59 Å². The lowest BCUT2D eigenvalue weighted by molar-refractivity contribution is 0.0858. The van der Waals surface area contributed by atoms with Gasteiger partial charge in [0.1, 0.15) is 10.8 Å². The molecule has 2 amide bonds. The van der Waals surface area contributed by atoms with E-state index >= 15 is 0 Å². The molecule has 0 radical (unpaired) electrons. The van der Waals surface area contributed by atoms with E-state index in [-0.39, 0.29) is 11.8 Å². The molecule has 0 bridgehead atoms. The first-order valence-electron chi connectivity index (χ1n) is 7.11. The average molecular weight is 333 g/mol. The first kappa shape index (κ1) is 17.0. The third-order valence-corrected chi connectivity index (χ3v) is 3.72. The third kappa shape index (κ3) is 4.54. The second kappa shape index (κ2) is 7.75. The van der Waals surface area contributed by atoms with Crippen LogP contribution in [0.25, 0.3) is 0 Å². The zero-order chi connectivity index (χ0) is 16.8. The second-order valence-electron chi connectivity index (χ2n) is 4.91. The smallest absolute Gasteiger partial charge is 0.268 e. The summed E-state index contributed by atoms with van der Waals surface area (Å²) in [4.78, 5) is 24.3. The number of ether oxygens (including phenoxy) is 1. The van der Waals surface area contributed by atoms with Crippen molar-refractivity contribution in [2.45, 2.75) is 6.92 Å². The fourth-order valence-electron chi connectivity index (χ4n) is 1.89. The Morgan fingerprint density at radius 1 is 1.13 bits per heavy atom. The Kier molecular flexibility index (Phi) is 5.72. The Labute approximate surface area is 139 Å². The van der Waals surface area contributed by atoms with E-state index in [1.807, 2.05) is 6.92 Å². The van der Waals surface area contributed by atoms with Crippen LogP contribution >= 0.6 is 11.3 Å². The quantitative estimate of drug-likeness (QED) is 0.797. The van der Waals surface area contributed by atoms with Gasteiger partial charge in [-0.15, -0.1) is 11.3 Å². The summed E-state index contributed by atoms with van der Waals surface area (Å²) >= 11 is 1.30. The molecule has 1 aromatic carbocycles. The van der Waals surface area contributed by atoms with Crippen LogP contribution in [0.2, 0.25) is 0 Å². The Morgan fingerprint density at radius 2 is 1.83 bits per heavy atom. The molecule has 0 fully saturated rings. The number of thiophene rings is 1. The van der Waals surface area contributed by atoms with Gasteiger partial charge in [0, 0.05) is 19.7 Å². The lowest BCUT2D eigenvalue weighted by atomic mass is 10.2. The molecule has 122 valence electrons. The number of hydrogen-bond donors (Lipinski definition) is 2. The Hall–Kier alpha value is -2.38. The van der Waals surface area contributed by atoms with E-state index in [4.69, 9.17) is 4.74 Å². The van der Waals surface area contributed by atoms with Gasteiger partial charge < -0.3 is 10.1 Å². The van der Waals surface area contributed by atoms with Gasteiger partial charge in [-0.2, -0.15) is 0 Å². The molecule has 0 atom stereocenters. The van der Waals surface area contributed by atoms with Crippen LogP contribution in [-0.2, 0) is 0 Å². The molecular formula is C16H19N3O3S. The minimum Gasteiger partial charge on any atom is -0.494 e. The Morgan fingerprint density at radius 3 is 2.43 bits per heavy atom. The van der Waals surface area contributed by atoms with Gasteiger partial charge in [-0.3, -0.25) is 15.0 Å². The summed E-state index contributed by atoms with van der Waals surface area (Å²) in [6.07, 6.45) is 0. The van der Waals surface area contributed by atoms with Gasteiger partial charge in [0.2, 0.25) is 0 Å². The molecule has 6 nitrogen and oxygen atoms in total. The van der Waals surface area contributed by atoms with Crippen LogP contribution < -0.4 is 15.5 Å². The van der Waals surface area contributed by atoms with E-state index < -0.39 is 0 Å². The summed E-state index contributed by atoms with van der Waals surface area (Å²) in [6, 6.07) is 8.54. The molecule has 2 N–H and O–H groups in total. The highest BCUT2D eigenvalue weighted by atomic mass is 32.1. The monoisotopic (exact) mass is 333 g/mol. The number of carbonyl (C=O) groups excluding carboxylic acids is 2. The highest BCUT2D eigenvalue weighted by Gasteiger charge is 2.16. The summed E-state index contributed by atoms with van der Waals surface area (Å²) < 4.78 is 5.35. The predicted octanol–water partition coefficient (Wildman–Crippen LogP) is 2.61. The molecule has 7 heteroatoms. The molecule has 0 spiro atoms. The van der Waals surface area contributed by atoms with Crippen molar-refractivity contribution in [1.29, 1.82) is 0 Å². The van der Waals surface area contributed by atoms with E-state index in [2.05, 4.69) is 10.7 Å². The molecule has 0 aliphatic carbocycles. The Balaban J connectivity index is 2.08. The number of carbonyl (C=O) groups is 2. The molecule has 2 rings (SSSR count). The number of nitrogens with zero attached hydrogens (tertiary/aromatic N) is 1. The molecule has 2 aromatic rings. The van der Waals surface area contributed by atoms with Crippen LogP contribution in [0.4, 0.5) is 5.00 Å². The number of hydrazine groups is 1. The van der Waals surface area contributed by atoms with Gasteiger partial charge in [-0.05, 0) is 42.6 Å². The standard InChI is InChI=1S/C16H19N3O3S/c1-4-22-12-7-5-11(6-8-12)14(20)17-16-13(9-10-23-16)15(21)18-19(2)3/h5-10H,4H2,1-3H3,(H,17,20)(H,18,21). The second-order valence-corrected chi connectivity index (χ2v) is 5.83. The number of anilines is 1. The molecule has 0 unspecified atom stereocenters. The van der Waals surface area contributed by atoms with Crippen LogP contribution in [0.5, 0.6) is 5.75 Å². The van der Waals surface area contributed by atoms with Gasteiger partial charge >= 0.3 is 0 Å². The summed E-state index contributed by atoms with van der Waals surface area (Å²) in [5.41, 5.74) is 3.59. The number of benzene rings is 1. The van der Waals surface area contributed by atoms with Crippen molar-refractivity contribution < 1.29 is 14.3 Å². The highest BCUT2D eigenvalue weighted by molar-refractivity contribution is 7.14. The van der Waals surface area contributed by atoms with Crippen LogP contribution in [0, 0.1) is 0 Å². The topological polar surface area (TPSA) is 70.7 Å². The van der Waals surface area contributed by atoms with E-state index in [1.165, 1.54) is 11.3 Å². The third-order valence-electron chi connectivity index (χ3n) is 2.89. The van der Waals surface area contributed by atoms with Gasteiger partial charge in [0.15, 0.2) is 0 Å². The van der Waals surface area contributed by atoms with Crippen molar-refractivity contribution in [3.63, 3.8) is 0 Å². The van der Waals surface area contributed by atoms with Crippen LogP contribution in [0.15, 0.2) is 35.7 Å².